The first-order valence-electron chi connectivity index (χ1n) is 9.23. The van der Waals surface area contributed by atoms with Gasteiger partial charge in [0, 0.05) is 12.1 Å². The normalized spacial score (nSPS) is 20.2. The summed E-state index contributed by atoms with van der Waals surface area (Å²) in [5, 5.41) is 15.6. The largest absolute Gasteiger partial charge is 0.477 e. The molecule has 0 fully saturated rings. The predicted octanol–water partition coefficient (Wildman–Crippen LogP) is 4.26. The van der Waals surface area contributed by atoms with Gasteiger partial charge in [0.2, 0.25) is 0 Å². The standard InChI is InChI=1S/C22H23N3O2/c1-14(19-9-5-7-16-6-3-4-8-20(16)19)24-17-10-11-18(12-17)25-13-23-15(2)21(25)22(26)27/h3-11,13-14,17-18,24H,12H2,1-2H3,(H,26,27)/t14-,17-,18-/m1/s1. The van der Waals surface area contributed by atoms with Crippen molar-refractivity contribution in [1.82, 2.24) is 14.9 Å². The highest BCUT2D eigenvalue weighted by Gasteiger charge is 2.26. The summed E-state index contributed by atoms with van der Waals surface area (Å²) >= 11 is 0. The van der Waals surface area contributed by atoms with Gasteiger partial charge < -0.3 is 15.0 Å². The molecule has 0 amide bonds. The number of allylic oxidation sites excluding steroid dienone is 1. The Hall–Kier alpha value is -2.92. The van der Waals surface area contributed by atoms with E-state index in [4.69, 9.17) is 0 Å². The Morgan fingerprint density at radius 3 is 2.81 bits per heavy atom. The van der Waals surface area contributed by atoms with E-state index in [-0.39, 0.29) is 23.8 Å². The molecule has 0 unspecified atom stereocenters. The minimum absolute atomic E-state index is 0.00881. The maximum Gasteiger partial charge on any atom is 0.354 e. The molecular formula is C22H23N3O2. The zero-order chi connectivity index (χ0) is 19.0. The van der Waals surface area contributed by atoms with Crippen molar-refractivity contribution in [2.75, 3.05) is 0 Å². The van der Waals surface area contributed by atoms with E-state index in [2.05, 4.69) is 71.8 Å². The first-order valence-corrected chi connectivity index (χ1v) is 9.23. The van der Waals surface area contributed by atoms with Crippen molar-refractivity contribution < 1.29 is 9.90 Å². The molecule has 2 aromatic carbocycles. The highest BCUT2D eigenvalue weighted by atomic mass is 16.4. The molecule has 5 nitrogen and oxygen atoms in total. The van der Waals surface area contributed by atoms with Crippen LogP contribution in [0, 0.1) is 6.92 Å². The molecule has 0 radical (unpaired) electrons. The first kappa shape index (κ1) is 17.5. The third kappa shape index (κ3) is 3.26. The second kappa shape index (κ2) is 7.00. The number of rotatable bonds is 5. The number of carbonyl (C=O) groups is 1. The topological polar surface area (TPSA) is 67.2 Å². The molecule has 2 N–H and O–H groups in total. The van der Waals surface area contributed by atoms with E-state index in [1.807, 2.05) is 0 Å². The van der Waals surface area contributed by atoms with Gasteiger partial charge in [0.25, 0.3) is 0 Å². The summed E-state index contributed by atoms with van der Waals surface area (Å²) in [5.41, 5.74) is 2.10. The smallest absolute Gasteiger partial charge is 0.354 e. The Labute approximate surface area is 158 Å². The van der Waals surface area contributed by atoms with E-state index in [9.17, 15) is 9.90 Å². The van der Waals surface area contributed by atoms with E-state index in [0.29, 0.717) is 5.69 Å². The van der Waals surface area contributed by atoms with E-state index in [1.165, 1.54) is 16.3 Å². The summed E-state index contributed by atoms with van der Waals surface area (Å²) in [6.45, 7) is 3.91. The number of aromatic nitrogens is 2. The lowest BCUT2D eigenvalue weighted by molar-refractivity contribution is 0.0682. The Morgan fingerprint density at radius 2 is 2.00 bits per heavy atom. The summed E-state index contributed by atoms with van der Waals surface area (Å²) in [6.07, 6.45) is 6.64. The van der Waals surface area contributed by atoms with E-state index < -0.39 is 5.97 Å². The lowest BCUT2D eigenvalue weighted by Gasteiger charge is -2.22. The molecule has 4 rings (SSSR count). The zero-order valence-electron chi connectivity index (χ0n) is 15.5. The van der Waals surface area contributed by atoms with Gasteiger partial charge in [-0.05, 0) is 36.6 Å². The van der Waals surface area contributed by atoms with Crippen LogP contribution in [0.1, 0.15) is 47.2 Å². The highest BCUT2D eigenvalue weighted by Crippen LogP contribution is 2.29. The summed E-state index contributed by atoms with van der Waals surface area (Å²) in [4.78, 5) is 15.7. The van der Waals surface area contributed by atoms with Crippen LogP contribution in [0.3, 0.4) is 0 Å². The zero-order valence-corrected chi connectivity index (χ0v) is 15.5. The number of aromatic carboxylic acids is 1. The van der Waals surface area contributed by atoms with Crippen molar-refractivity contribution in [3.05, 3.63) is 77.9 Å². The molecule has 0 bridgehead atoms. The van der Waals surface area contributed by atoms with Crippen LogP contribution in [0.5, 0.6) is 0 Å². The van der Waals surface area contributed by atoms with Crippen LogP contribution in [0.25, 0.3) is 10.8 Å². The van der Waals surface area contributed by atoms with Crippen molar-refractivity contribution in [2.24, 2.45) is 0 Å². The van der Waals surface area contributed by atoms with Crippen LogP contribution < -0.4 is 5.32 Å². The summed E-state index contributed by atoms with van der Waals surface area (Å²) in [5.74, 6) is -0.932. The summed E-state index contributed by atoms with van der Waals surface area (Å²) < 4.78 is 1.76. The van der Waals surface area contributed by atoms with Crippen molar-refractivity contribution in [1.29, 1.82) is 0 Å². The van der Waals surface area contributed by atoms with E-state index in [1.54, 1.807) is 17.8 Å². The van der Waals surface area contributed by atoms with Crippen LogP contribution in [0.2, 0.25) is 0 Å². The molecule has 1 aliphatic carbocycles. The van der Waals surface area contributed by atoms with Crippen molar-refractivity contribution in [2.45, 2.75) is 38.4 Å². The number of carboxylic acid groups (broad SMARTS) is 1. The van der Waals surface area contributed by atoms with E-state index >= 15 is 0 Å². The molecule has 3 atom stereocenters. The molecule has 0 saturated heterocycles. The SMILES string of the molecule is Cc1ncn([C@@H]2C=C[C@@H](N[C@H](C)c3cccc4ccccc34)C2)c1C(=O)O. The van der Waals surface area contributed by atoms with Crippen LogP contribution in [-0.4, -0.2) is 26.7 Å². The maximum absolute atomic E-state index is 11.5. The molecule has 0 spiro atoms. The van der Waals surface area contributed by atoms with Gasteiger partial charge in [-0.3, -0.25) is 0 Å². The molecule has 0 aliphatic heterocycles. The Bertz CT molecular complexity index is 1020. The van der Waals surface area contributed by atoms with Gasteiger partial charge in [-0.1, -0.05) is 54.6 Å². The van der Waals surface area contributed by atoms with Crippen molar-refractivity contribution in [3.63, 3.8) is 0 Å². The molecule has 3 aromatic rings. The van der Waals surface area contributed by atoms with Gasteiger partial charge in [0.1, 0.15) is 0 Å². The van der Waals surface area contributed by atoms with Gasteiger partial charge in [-0.25, -0.2) is 9.78 Å². The molecule has 1 aliphatic rings. The fourth-order valence-electron chi connectivity index (χ4n) is 4.02. The molecule has 1 aromatic heterocycles. The summed E-state index contributed by atoms with van der Waals surface area (Å²) in [7, 11) is 0. The van der Waals surface area contributed by atoms with Crippen molar-refractivity contribution in [3.8, 4) is 0 Å². The van der Waals surface area contributed by atoms with Gasteiger partial charge in [-0.15, -0.1) is 0 Å². The van der Waals surface area contributed by atoms with Crippen LogP contribution in [0.4, 0.5) is 0 Å². The Morgan fingerprint density at radius 1 is 1.22 bits per heavy atom. The third-order valence-electron chi connectivity index (χ3n) is 5.35. The maximum atomic E-state index is 11.5. The molecule has 5 heteroatoms. The number of nitrogens with zero attached hydrogens (tertiary/aromatic N) is 2. The number of carboxylic acids is 1. The molecule has 0 saturated carbocycles. The molecule has 1 heterocycles. The average molecular weight is 361 g/mol. The lowest BCUT2D eigenvalue weighted by Crippen LogP contribution is -2.29. The quantitative estimate of drug-likeness (QED) is 0.666. The third-order valence-corrected chi connectivity index (χ3v) is 5.35. The fraction of sp³-hybridized carbons (Fsp3) is 0.273. The number of aryl methyl sites for hydroxylation is 1. The highest BCUT2D eigenvalue weighted by molar-refractivity contribution is 5.87. The van der Waals surface area contributed by atoms with Gasteiger partial charge in [0.05, 0.1) is 18.1 Å². The first-order chi connectivity index (χ1) is 13.0. The van der Waals surface area contributed by atoms with Crippen LogP contribution >= 0.6 is 0 Å². The predicted molar refractivity (Wildman–Crippen MR) is 106 cm³/mol. The molecule has 138 valence electrons. The van der Waals surface area contributed by atoms with Gasteiger partial charge in [-0.2, -0.15) is 0 Å². The second-order valence-corrected chi connectivity index (χ2v) is 7.14. The number of imidazole rings is 1. The Balaban J connectivity index is 1.51. The summed E-state index contributed by atoms with van der Waals surface area (Å²) in [6, 6.07) is 15.2. The van der Waals surface area contributed by atoms with Crippen LogP contribution in [0.15, 0.2) is 60.9 Å². The fourth-order valence-corrected chi connectivity index (χ4v) is 4.02. The Kier molecular flexibility index (Phi) is 4.54. The number of hydrogen-bond acceptors (Lipinski definition) is 3. The number of hydrogen-bond donors (Lipinski definition) is 2. The second-order valence-electron chi connectivity index (χ2n) is 7.14. The van der Waals surface area contributed by atoms with Gasteiger partial charge >= 0.3 is 5.97 Å². The minimum atomic E-state index is -0.932. The average Bonchev–Trinajstić information content (AvgIpc) is 3.27. The van der Waals surface area contributed by atoms with Crippen LogP contribution in [-0.2, 0) is 0 Å². The lowest BCUT2D eigenvalue weighted by atomic mass is 9.99. The monoisotopic (exact) mass is 361 g/mol. The minimum Gasteiger partial charge on any atom is -0.477 e. The molecular weight excluding hydrogens is 338 g/mol. The van der Waals surface area contributed by atoms with Crippen molar-refractivity contribution >= 4 is 16.7 Å². The number of fused-ring (bicyclic) bond motifs is 1. The van der Waals surface area contributed by atoms with Gasteiger partial charge in [0.15, 0.2) is 5.69 Å². The van der Waals surface area contributed by atoms with E-state index in [0.717, 1.165) is 6.42 Å². The number of benzene rings is 2. The molecule has 27 heavy (non-hydrogen) atoms. The number of nitrogens with one attached hydrogen (secondary N) is 1.